The summed E-state index contributed by atoms with van der Waals surface area (Å²) >= 11 is 6.09. The van der Waals surface area contributed by atoms with Gasteiger partial charge in [0, 0.05) is 18.7 Å². The van der Waals surface area contributed by atoms with E-state index in [0.717, 1.165) is 11.1 Å². The van der Waals surface area contributed by atoms with Crippen molar-refractivity contribution in [3.8, 4) is 5.69 Å². The molecule has 1 fully saturated rings. The standard InChI is InChI=1S/C15H15ClN4O4/c16-13-12(17-9-15(22)6-1-7-15)8-18-19(14(13)21)10-2-4-11(5-3-10)20(23)24/h2-5,8,17,22H,1,6-7,9H2. The van der Waals surface area contributed by atoms with E-state index in [1.807, 2.05) is 0 Å². The summed E-state index contributed by atoms with van der Waals surface area (Å²) in [5.41, 5.74) is -0.658. The number of nitrogens with zero attached hydrogens (tertiary/aromatic N) is 3. The van der Waals surface area contributed by atoms with Crippen molar-refractivity contribution >= 4 is 23.0 Å². The second kappa shape index (κ2) is 6.21. The molecule has 0 atom stereocenters. The van der Waals surface area contributed by atoms with Crippen molar-refractivity contribution < 1.29 is 10.0 Å². The van der Waals surface area contributed by atoms with Gasteiger partial charge in [0.2, 0.25) is 0 Å². The highest BCUT2D eigenvalue weighted by atomic mass is 35.5. The molecule has 126 valence electrons. The van der Waals surface area contributed by atoms with Gasteiger partial charge in [-0.3, -0.25) is 14.9 Å². The number of hydrogen-bond acceptors (Lipinski definition) is 6. The predicted molar refractivity (Wildman–Crippen MR) is 88.8 cm³/mol. The van der Waals surface area contributed by atoms with Crippen LogP contribution in [0.3, 0.4) is 0 Å². The molecule has 1 heterocycles. The summed E-state index contributed by atoms with van der Waals surface area (Å²) in [5, 5.41) is 27.7. The summed E-state index contributed by atoms with van der Waals surface area (Å²) in [4.78, 5) is 22.5. The number of aromatic nitrogens is 2. The second-order valence-electron chi connectivity index (χ2n) is 5.79. The van der Waals surface area contributed by atoms with Crippen LogP contribution in [0.2, 0.25) is 5.02 Å². The van der Waals surface area contributed by atoms with Gasteiger partial charge in [-0.15, -0.1) is 0 Å². The van der Waals surface area contributed by atoms with Crippen molar-refractivity contribution in [2.24, 2.45) is 0 Å². The van der Waals surface area contributed by atoms with E-state index in [9.17, 15) is 20.0 Å². The van der Waals surface area contributed by atoms with Gasteiger partial charge in [0.25, 0.3) is 11.2 Å². The van der Waals surface area contributed by atoms with Gasteiger partial charge in [0.05, 0.1) is 28.1 Å². The molecule has 0 amide bonds. The monoisotopic (exact) mass is 350 g/mol. The first-order valence-corrected chi connectivity index (χ1v) is 7.76. The number of benzene rings is 1. The van der Waals surface area contributed by atoms with E-state index in [-0.39, 0.29) is 10.7 Å². The fourth-order valence-electron chi connectivity index (χ4n) is 2.48. The van der Waals surface area contributed by atoms with Gasteiger partial charge < -0.3 is 10.4 Å². The molecular formula is C15H15ClN4O4. The van der Waals surface area contributed by atoms with E-state index in [4.69, 9.17) is 11.6 Å². The average Bonchev–Trinajstić information content (AvgIpc) is 2.54. The molecule has 0 spiro atoms. The molecule has 1 aliphatic rings. The second-order valence-corrected chi connectivity index (χ2v) is 6.17. The van der Waals surface area contributed by atoms with Crippen LogP contribution in [0.4, 0.5) is 11.4 Å². The summed E-state index contributed by atoms with van der Waals surface area (Å²) in [5.74, 6) is 0. The van der Waals surface area contributed by atoms with Crippen LogP contribution in [-0.2, 0) is 0 Å². The van der Waals surface area contributed by atoms with Crippen molar-refractivity contribution in [1.29, 1.82) is 0 Å². The first-order chi connectivity index (χ1) is 11.4. The first kappa shape index (κ1) is 16.4. The van der Waals surface area contributed by atoms with Crippen LogP contribution in [-0.4, -0.2) is 32.0 Å². The summed E-state index contributed by atoms with van der Waals surface area (Å²) in [6.07, 6.45) is 3.80. The highest BCUT2D eigenvalue weighted by Gasteiger charge is 2.34. The molecule has 0 radical (unpaired) electrons. The maximum absolute atomic E-state index is 12.3. The molecule has 0 bridgehead atoms. The third-order valence-corrected chi connectivity index (χ3v) is 4.48. The van der Waals surface area contributed by atoms with Crippen molar-refractivity contribution in [2.75, 3.05) is 11.9 Å². The molecular weight excluding hydrogens is 336 g/mol. The molecule has 24 heavy (non-hydrogen) atoms. The van der Waals surface area contributed by atoms with Gasteiger partial charge >= 0.3 is 0 Å². The molecule has 2 aromatic rings. The third kappa shape index (κ3) is 3.10. The van der Waals surface area contributed by atoms with Crippen LogP contribution in [0.25, 0.3) is 5.69 Å². The first-order valence-electron chi connectivity index (χ1n) is 7.39. The maximum atomic E-state index is 12.3. The number of aliphatic hydroxyl groups is 1. The van der Waals surface area contributed by atoms with E-state index < -0.39 is 16.1 Å². The lowest BCUT2D eigenvalue weighted by Crippen LogP contribution is -2.43. The molecule has 2 N–H and O–H groups in total. The highest BCUT2D eigenvalue weighted by molar-refractivity contribution is 6.32. The molecule has 8 nitrogen and oxygen atoms in total. The zero-order chi connectivity index (χ0) is 17.3. The van der Waals surface area contributed by atoms with Gasteiger partial charge in [-0.05, 0) is 31.4 Å². The number of non-ortho nitro benzene ring substituents is 1. The third-order valence-electron chi connectivity index (χ3n) is 4.12. The predicted octanol–water partition coefficient (Wildman–Crippen LogP) is 2.12. The summed E-state index contributed by atoms with van der Waals surface area (Å²) in [7, 11) is 0. The van der Waals surface area contributed by atoms with Crippen LogP contribution in [0, 0.1) is 10.1 Å². The Morgan fingerprint density at radius 1 is 1.38 bits per heavy atom. The van der Waals surface area contributed by atoms with Gasteiger partial charge in [-0.1, -0.05) is 11.6 Å². The molecule has 1 aromatic heterocycles. The largest absolute Gasteiger partial charge is 0.388 e. The number of nitro benzene ring substituents is 1. The van der Waals surface area contributed by atoms with Crippen molar-refractivity contribution in [3.05, 3.63) is 56.0 Å². The number of nitro groups is 1. The number of nitrogens with one attached hydrogen (secondary N) is 1. The average molecular weight is 351 g/mol. The van der Waals surface area contributed by atoms with E-state index >= 15 is 0 Å². The minimum atomic E-state index is -0.753. The minimum absolute atomic E-state index is 0.0497. The van der Waals surface area contributed by atoms with E-state index in [1.54, 1.807) is 0 Å². The molecule has 0 aliphatic heterocycles. The van der Waals surface area contributed by atoms with Crippen LogP contribution in [0.1, 0.15) is 19.3 Å². The normalized spacial score (nSPS) is 15.6. The van der Waals surface area contributed by atoms with Crippen LogP contribution >= 0.6 is 11.6 Å². The molecule has 1 saturated carbocycles. The smallest absolute Gasteiger partial charge is 0.292 e. The van der Waals surface area contributed by atoms with Crippen LogP contribution < -0.4 is 10.9 Å². The minimum Gasteiger partial charge on any atom is -0.388 e. The molecule has 0 unspecified atom stereocenters. The lowest BCUT2D eigenvalue weighted by Gasteiger charge is -2.36. The highest BCUT2D eigenvalue weighted by Crippen LogP contribution is 2.32. The fraction of sp³-hybridized carbons (Fsp3) is 0.333. The zero-order valence-corrected chi connectivity index (χ0v) is 13.4. The summed E-state index contributed by atoms with van der Waals surface area (Å²) in [6.45, 7) is 0.301. The molecule has 9 heteroatoms. The molecule has 3 rings (SSSR count). The van der Waals surface area contributed by atoms with Gasteiger partial charge in [-0.2, -0.15) is 9.78 Å². The lowest BCUT2D eigenvalue weighted by molar-refractivity contribution is -0.384. The van der Waals surface area contributed by atoms with Crippen LogP contribution in [0.15, 0.2) is 35.3 Å². The Kier molecular flexibility index (Phi) is 4.25. The maximum Gasteiger partial charge on any atom is 0.292 e. The zero-order valence-electron chi connectivity index (χ0n) is 12.6. The molecule has 0 saturated heterocycles. The van der Waals surface area contributed by atoms with Gasteiger partial charge in [0.15, 0.2) is 0 Å². The number of anilines is 1. The quantitative estimate of drug-likeness (QED) is 0.631. The summed E-state index contributed by atoms with van der Waals surface area (Å²) in [6, 6.07) is 5.42. The Balaban J connectivity index is 1.84. The number of halogens is 1. The Morgan fingerprint density at radius 2 is 2.04 bits per heavy atom. The lowest BCUT2D eigenvalue weighted by atomic mass is 9.80. The Hall–Kier alpha value is -2.45. The van der Waals surface area contributed by atoms with E-state index in [1.165, 1.54) is 30.5 Å². The number of hydrogen-bond donors (Lipinski definition) is 2. The SMILES string of the molecule is O=c1c(Cl)c(NCC2(O)CCC2)cnn1-c1ccc([N+](=O)[O-])cc1. The Labute approximate surface area is 141 Å². The molecule has 1 aromatic carbocycles. The molecule has 1 aliphatic carbocycles. The Bertz CT molecular complexity index is 830. The van der Waals surface area contributed by atoms with Gasteiger partial charge in [-0.25, -0.2) is 0 Å². The van der Waals surface area contributed by atoms with Crippen LogP contribution in [0.5, 0.6) is 0 Å². The number of rotatable bonds is 5. The summed E-state index contributed by atoms with van der Waals surface area (Å²) < 4.78 is 1.06. The van der Waals surface area contributed by atoms with Crippen molar-refractivity contribution in [1.82, 2.24) is 9.78 Å². The van der Waals surface area contributed by atoms with Gasteiger partial charge in [0.1, 0.15) is 5.02 Å². The van der Waals surface area contributed by atoms with Crippen molar-refractivity contribution in [2.45, 2.75) is 24.9 Å². The van der Waals surface area contributed by atoms with Crippen molar-refractivity contribution in [3.63, 3.8) is 0 Å². The van der Waals surface area contributed by atoms with E-state index in [0.29, 0.717) is 30.8 Å². The topological polar surface area (TPSA) is 110 Å². The Morgan fingerprint density at radius 3 is 2.58 bits per heavy atom. The fourth-order valence-corrected chi connectivity index (χ4v) is 2.67. The van der Waals surface area contributed by atoms with E-state index in [2.05, 4.69) is 10.4 Å².